The van der Waals surface area contributed by atoms with Crippen molar-refractivity contribution < 1.29 is 9.59 Å². The molecule has 2 aromatic rings. The summed E-state index contributed by atoms with van der Waals surface area (Å²) in [5, 5.41) is 5.95. The van der Waals surface area contributed by atoms with E-state index in [1.165, 1.54) is 0 Å². The van der Waals surface area contributed by atoms with Gasteiger partial charge < -0.3 is 15.5 Å². The van der Waals surface area contributed by atoms with E-state index in [1.807, 2.05) is 56.3 Å². The zero-order valence-electron chi connectivity index (χ0n) is 16.7. The second-order valence-electron chi connectivity index (χ2n) is 7.44. The lowest BCUT2D eigenvalue weighted by atomic mass is 10.0. The number of benzene rings is 1. The van der Waals surface area contributed by atoms with E-state index < -0.39 is 0 Å². The maximum absolute atomic E-state index is 12.6. The first-order chi connectivity index (χ1) is 13.4. The summed E-state index contributed by atoms with van der Waals surface area (Å²) in [5.74, 6) is 1.07. The number of anilines is 2. The smallest absolute Gasteiger partial charge is 0.232 e. The molecule has 0 spiro atoms. The van der Waals surface area contributed by atoms with Gasteiger partial charge in [-0.1, -0.05) is 36.4 Å². The Hall–Kier alpha value is -2.89. The van der Waals surface area contributed by atoms with Gasteiger partial charge in [-0.05, 0) is 43.9 Å². The fourth-order valence-corrected chi connectivity index (χ4v) is 3.61. The predicted molar refractivity (Wildman–Crippen MR) is 112 cm³/mol. The van der Waals surface area contributed by atoms with Crippen LogP contribution in [-0.4, -0.2) is 35.9 Å². The van der Waals surface area contributed by atoms with Gasteiger partial charge >= 0.3 is 0 Å². The van der Waals surface area contributed by atoms with Crippen molar-refractivity contribution in [1.29, 1.82) is 0 Å². The molecular formula is C22H28N4O2. The van der Waals surface area contributed by atoms with Crippen molar-refractivity contribution in [3.05, 3.63) is 53.6 Å². The zero-order chi connectivity index (χ0) is 20.1. The molecule has 28 heavy (non-hydrogen) atoms. The van der Waals surface area contributed by atoms with Crippen molar-refractivity contribution in [2.75, 3.05) is 23.3 Å². The molecule has 0 radical (unpaired) electrons. The normalized spacial score (nSPS) is 17.7. The summed E-state index contributed by atoms with van der Waals surface area (Å²) in [6.45, 7) is 7.07. The molecule has 6 heteroatoms. The average molecular weight is 380 g/mol. The quantitative estimate of drug-likeness (QED) is 0.835. The topological polar surface area (TPSA) is 74.3 Å². The Balaban J connectivity index is 1.72. The Labute approximate surface area is 166 Å². The van der Waals surface area contributed by atoms with Crippen molar-refractivity contribution in [2.24, 2.45) is 0 Å². The van der Waals surface area contributed by atoms with Gasteiger partial charge in [-0.25, -0.2) is 4.98 Å². The number of aromatic nitrogens is 1. The van der Waals surface area contributed by atoms with Crippen LogP contribution in [0.2, 0.25) is 0 Å². The van der Waals surface area contributed by atoms with Gasteiger partial charge in [0, 0.05) is 26.1 Å². The zero-order valence-corrected chi connectivity index (χ0v) is 16.7. The van der Waals surface area contributed by atoms with Gasteiger partial charge in [-0.15, -0.1) is 0 Å². The van der Waals surface area contributed by atoms with Crippen LogP contribution in [0.4, 0.5) is 11.6 Å². The van der Waals surface area contributed by atoms with E-state index in [2.05, 4.69) is 15.5 Å². The molecule has 1 aromatic carbocycles. The largest absolute Gasteiger partial charge is 0.354 e. The third kappa shape index (κ3) is 4.88. The molecule has 1 aliphatic rings. The van der Waals surface area contributed by atoms with Gasteiger partial charge in [0.05, 0.1) is 5.92 Å². The molecule has 0 bridgehead atoms. The lowest BCUT2D eigenvalue weighted by Crippen LogP contribution is -2.47. The summed E-state index contributed by atoms with van der Waals surface area (Å²) in [6, 6.07) is 13.7. The minimum Gasteiger partial charge on any atom is -0.354 e. The first kappa shape index (κ1) is 19.9. The Morgan fingerprint density at radius 2 is 1.93 bits per heavy atom. The van der Waals surface area contributed by atoms with Crippen molar-refractivity contribution in [3.63, 3.8) is 0 Å². The molecule has 3 rings (SSSR count). The second-order valence-corrected chi connectivity index (χ2v) is 7.44. The standard InChI is InChI=1S/C22H28N4O2/c1-15-11-12-20(25-22(28)16(2)18-8-5-4-6-9-18)24-21(15)26-13-7-10-19(14-26)23-17(3)27/h4-6,8-9,11-12,16,19H,7,10,13-14H2,1-3H3,(H,23,27)(H,24,25,28)/t16-,19?/m1/s1. The van der Waals surface area contributed by atoms with Crippen molar-refractivity contribution in [3.8, 4) is 0 Å². The third-order valence-electron chi connectivity index (χ3n) is 5.14. The predicted octanol–water partition coefficient (Wildman–Crippen LogP) is 3.24. The molecule has 2 N–H and O–H groups in total. The number of rotatable bonds is 5. The highest BCUT2D eigenvalue weighted by Gasteiger charge is 2.23. The molecule has 1 fully saturated rings. The summed E-state index contributed by atoms with van der Waals surface area (Å²) < 4.78 is 0. The summed E-state index contributed by atoms with van der Waals surface area (Å²) in [5.41, 5.74) is 2.03. The van der Waals surface area contributed by atoms with Crippen LogP contribution < -0.4 is 15.5 Å². The minimum absolute atomic E-state index is 0.00700. The Morgan fingerprint density at radius 3 is 2.64 bits per heavy atom. The van der Waals surface area contributed by atoms with Crippen LogP contribution in [-0.2, 0) is 9.59 Å². The molecule has 0 aliphatic carbocycles. The second kappa shape index (κ2) is 8.87. The highest BCUT2D eigenvalue weighted by atomic mass is 16.2. The lowest BCUT2D eigenvalue weighted by molar-refractivity contribution is -0.120. The maximum atomic E-state index is 12.6. The number of pyridine rings is 1. The number of carbonyl (C=O) groups is 2. The van der Waals surface area contributed by atoms with Crippen LogP contribution in [0.5, 0.6) is 0 Å². The lowest BCUT2D eigenvalue weighted by Gasteiger charge is -2.34. The van der Waals surface area contributed by atoms with Crippen LogP contribution in [0, 0.1) is 6.92 Å². The molecule has 0 saturated carbocycles. The van der Waals surface area contributed by atoms with Crippen LogP contribution >= 0.6 is 0 Å². The van der Waals surface area contributed by atoms with E-state index in [4.69, 9.17) is 4.98 Å². The van der Waals surface area contributed by atoms with Crippen LogP contribution in [0.25, 0.3) is 0 Å². The summed E-state index contributed by atoms with van der Waals surface area (Å²) in [4.78, 5) is 30.9. The van der Waals surface area contributed by atoms with E-state index in [-0.39, 0.29) is 23.8 Å². The van der Waals surface area contributed by atoms with Crippen LogP contribution in [0.15, 0.2) is 42.5 Å². The Morgan fingerprint density at radius 1 is 1.18 bits per heavy atom. The van der Waals surface area contributed by atoms with E-state index >= 15 is 0 Å². The fourth-order valence-electron chi connectivity index (χ4n) is 3.61. The van der Waals surface area contributed by atoms with Gasteiger partial charge in [-0.3, -0.25) is 9.59 Å². The molecule has 2 atom stereocenters. The number of piperidine rings is 1. The van der Waals surface area contributed by atoms with Gasteiger partial charge in [0.1, 0.15) is 11.6 Å². The Kier molecular flexibility index (Phi) is 6.29. The van der Waals surface area contributed by atoms with Crippen LogP contribution in [0.1, 0.15) is 43.7 Å². The van der Waals surface area contributed by atoms with E-state index in [0.29, 0.717) is 5.82 Å². The molecule has 2 amide bonds. The maximum Gasteiger partial charge on any atom is 0.232 e. The molecule has 1 aromatic heterocycles. The molecule has 148 valence electrons. The molecule has 1 aliphatic heterocycles. The number of hydrogen-bond acceptors (Lipinski definition) is 4. The number of nitrogens with one attached hydrogen (secondary N) is 2. The first-order valence-electron chi connectivity index (χ1n) is 9.79. The number of carbonyl (C=O) groups excluding carboxylic acids is 2. The molecule has 6 nitrogen and oxygen atoms in total. The third-order valence-corrected chi connectivity index (χ3v) is 5.14. The van der Waals surface area contributed by atoms with E-state index in [0.717, 1.165) is 42.9 Å². The Bertz CT molecular complexity index is 838. The minimum atomic E-state index is -0.258. The summed E-state index contributed by atoms with van der Waals surface area (Å²) in [7, 11) is 0. The molecule has 1 unspecified atom stereocenters. The summed E-state index contributed by atoms with van der Waals surface area (Å²) in [6.07, 6.45) is 1.97. The first-order valence-corrected chi connectivity index (χ1v) is 9.79. The van der Waals surface area contributed by atoms with Gasteiger partial charge in [0.25, 0.3) is 0 Å². The van der Waals surface area contributed by atoms with E-state index in [1.54, 1.807) is 6.92 Å². The van der Waals surface area contributed by atoms with Crippen molar-refractivity contribution in [1.82, 2.24) is 10.3 Å². The molecular weight excluding hydrogens is 352 g/mol. The fraction of sp³-hybridized carbons (Fsp3) is 0.409. The molecule has 1 saturated heterocycles. The van der Waals surface area contributed by atoms with Crippen LogP contribution in [0.3, 0.4) is 0 Å². The monoisotopic (exact) mass is 380 g/mol. The van der Waals surface area contributed by atoms with E-state index in [9.17, 15) is 9.59 Å². The van der Waals surface area contributed by atoms with Crippen molar-refractivity contribution in [2.45, 2.75) is 45.6 Å². The number of aryl methyl sites for hydroxylation is 1. The highest BCUT2D eigenvalue weighted by Crippen LogP contribution is 2.24. The number of nitrogens with zero attached hydrogens (tertiary/aromatic N) is 2. The highest BCUT2D eigenvalue weighted by molar-refractivity contribution is 5.95. The SMILES string of the molecule is CC(=O)NC1CCCN(c2nc(NC(=O)[C@H](C)c3ccccc3)ccc2C)C1. The number of amides is 2. The van der Waals surface area contributed by atoms with Gasteiger partial charge in [-0.2, -0.15) is 0 Å². The average Bonchev–Trinajstić information content (AvgIpc) is 2.69. The van der Waals surface area contributed by atoms with Gasteiger partial charge in [0.2, 0.25) is 11.8 Å². The van der Waals surface area contributed by atoms with Crippen molar-refractivity contribution >= 4 is 23.5 Å². The van der Waals surface area contributed by atoms with Gasteiger partial charge in [0.15, 0.2) is 0 Å². The summed E-state index contributed by atoms with van der Waals surface area (Å²) >= 11 is 0. The number of hydrogen-bond donors (Lipinski definition) is 2. The molecule has 2 heterocycles.